The lowest BCUT2D eigenvalue weighted by molar-refractivity contribution is -0.483. The first kappa shape index (κ1) is 80.1. The first-order valence-electron chi connectivity index (χ1n) is 20.3. The number of alkyl halides is 50. The quantitative estimate of drug-likeness (QED) is 0.0534. The fourth-order valence-electron chi connectivity index (χ4n) is 6.81. The molecule has 0 radical (unpaired) electrons. The molecule has 0 fully saturated rings. The summed E-state index contributed by atoms with van der Waals surface area (Å²) < 4.78 is 712. The van der Waals surface area contributed by atoms with Gasteiger partial charge in [0.15, 0.2) is 0 Å². The fourth-order valence-corrected chi connectivity index (χ4v) is 7.66. The van der Waals surface area contributed by atoms with Gasteiger partial charge in [0.2, 0.25) is 0 Å². The van der Waals surface area contributed by atoms with Crippen molar-refractivity contribution < 1.29 is 220 Å². The monoisotopic (exact) mass is 1620 g/mol. The Labute approximate surface area is 477 Å². The zero-order chi connectivity index (χ0) is 72.9. The Bertz CT molecular complexity index is 3000. The van der Waals surface area contributed by atoms with Gasteiger partial charge in [0.25, 0.3) is 0 Å². The minimum Gasteiger partial charge on any atom is -0.194 e. The van der Waals surface area contributed by atoms with Crippen LogP contribution < -0.4 is 0 Å². The van der Waals surface area contributed by atoms with Crippen LogP contribution in [0.4, 0.5) is 220 Å². The van der Waals surface area contributed by atoms with Gasteiger partial charge in [0.1, 0.15) is 0 Å². The normalized spacial score (nSPS) is 16.7. The Morgan fingerprint density at radius 2 is 0.333 bits per heavy atom. The summed E-state index contributed by atoms with van der Waals surface area (Å²) in [7, 11) is 0. The molecule has 0 aliphatic rings. The second kappa shape index (κ2) is 20.7. The van der Waals surface area contributed by atoms with Crippen LogP contribution in [0.25, 0.3) is 21.5 Å². The Kier molecular flexibility index (Phi) is 18.4. The molecule has 0 aliphatic heterocycles. The average Bonchev–Trinajstić information content (AvgIpc) is 0.689. The molecule has 3 aromatic carbocycles. The molecule has 0 aliphatic carbocycles. The van der Waals surface area contributed by atoms with Gasteiger partial charge in [-0.15, -0.1) is 0 Å². The number of hydrogen-bond acceptors (Lipinski definition) is 0. The first-order valence-corrected chi connectivity index (χ1v) is 22.2. The molecule has 0 atom stereocenters. The van der Waals surface area contributed by atoms with E-state index in [1.807, 2.05) is 0 Å². The van der Waals surface area contributed by atoms with E-state index in [9.17, 15) is 167 Å². The molecule has 0 N–H and O–H groups in total. The van der Waals surface area contributed by atoms with Crippen molar-refractivity contribution in [2.45, 2.75) is 143 Å². The third-order valence-corrected chi connectivity index (χ3v) is 14.5. The summed E-state index contributed by atoms with van der Waals surface area (Å²) in [4.78, 5) is 0. The Hall–Kier alpha value is -4.11. The van der Waals surface area contributed by atoms with Crippen LogP contribution in [0, 0.1) is 3.57 Å². The van der Waals surface area contributed by atoms with Gasteiger partial charge in [0.05, 0.1) is 0 Å². The van der Waals surface area contributed by atoms with Gasteiger partial charge in [-0.1, -0.05) is 0 Å². The van der Waals surface area contributed by atoms with E-state index in [-0.39, 0.29) is 15.7 Å². The van der Waals surface area contributed by atoms with Crippen molar-refractivity contribution in [1.82, 2.24) is 0 Å². The summed E-state index contributed by atoms with van der Waals surface area (Å²) in [5.74, 6) is -219. The van der Waals surface area contributed by atoms with Crippen LogP contribution in [0.5, 0.6) is 0 Å². The highest BCUT2D eigenvalue weighted by molar-refractivity contribution is 14.1. The molecule has 522 valence electrons. The van der Waals surface area contributed by atoms with Gasteiger partial charge in [-0.05, 0) is 96.5 Å². The van der Waals surface area contributed by atoms with Crippen molar-refractivity contribution in [1.29, 1.82) is 0 Å². The second-order valence-corrected chi connectivity index (χ2v) is 19.9. The zero-order valence-corrected chi connectivity index (χ0v) is 42.9. The predicted octanol–water partition coefficient (Wildman–Crippen LogP) is 21.4. The summed E-state index contributed by atoms with van der Waals surface area (Å²) in [5, 5.41) is -6.14. The van der Waals surface area contributed by atoms with Crippen molar-refractivity contribution in [3.8, 4) is 0 Å². The highest BCUT2D eigenvalue weighted by Gasteiger charge is 3.02. The summed E-state index contributed by atoms with van der Waals surface area (Å²) in [6.07, 6.45) is -17.1. The summed E-state index contributed by atoms with van der Waals surface area (Å²) in [5.41, 5.74) is -10.2. The van der Waals surface area contributed by atoms with E-state index in [1.165, 1.54) is 0 Å². The van der Waals surface area contributed by atoms with E-state index >= 15 is 52.7 Å². The number of halogens is 52. The largest absolute Gasteiger partial charge is 0.460 e. The van der Waals surface area contributed by atoms with Crippen LogP contribution in [-0.2, 0) is 11.8 Å². The number of rotatable bonds is 22. The van der Waals surface area contributed by atoms with E-state index in [2.05, 4.69) is 15.9 Å². The van der Waals surface area contributed by atoms with Crippen LogP contribution in [0.1, 0.15) is 11.1 Å². The molecule has 90 heavy (non-hydrogen) atoms. The van der Waals surface area contributed by atoms with Crippen LogP contribution >= 0.6 is 38.5 Å². The molecule has 0 saturated heterocycles. The number of benzene rings is 3. The molecule has 0 heterocycles. The maximum absolute atomic E-state index is 16.0. The minimum absolute atomic E-state index is 0.227. The molecule has 3 rings (SSSR count). The first-order chi connectivity index (χ1) is 38.5. The predicted molar refractivity (Wildman–Crippen MR) is 201 cm³/mol. The summed E-state index contributed by atoms with van der Waals surface area (Å²) in [6.45, 7) is 0. The fraction of sp³-hybridized carbons (Fsp3) is 0.632. The van der Waals surface area contributed by atoms with Crippen LogP contribution in [0.2, 0.25) is 0 Å². The van der Waals surface area contributed by atoms with Crippen molar-refractivity contribution in [3.63, 3.8) is 0 Å². The van der Waals surface area contributed by atoms with E-state index in [1.54, 1.807) is 0 Å². The molecule has 52 heteroatoms. The van der Waals surface area contributed by atoms with E-state index < -0.39 is 192 Å². The Morgan fingerprint density at radius 1 is 0.189 bits per heavy atom. The van der Waals surface area contributed by atoms with Crippen molar-refractivity contribution in [2.24, 2.45) is 0 Å². The average molecular weight is 1620 g/mol. The highest BCUT2D eigenvalue weighted by Crippen LogP contribution is 2.72. The topological polar surface area (TPSA) is 0 Å². The molecule has 3 aromatic rings. The van der Waals surface area contributed by atoms with Crippen LogP contribution in [0.15, 0.2) is 40.9 Å². The molecule has 0 unspecified atom stereocenters. The molecule has 0 spiro atoms. The van der Waals surface area contributed by atoms with Crippen LogP contribution in [0.3, 0.4) is 0 Å². The van der Waals surface area contributed by atoms with Gasteiger partial charge in [0, 0.05) is 19.2 Å². The van der Waals surface area contributed by atoms with E-state index in [0.717, 1.165) is 22.6 Å². The van der Waals surface area contributed by atoms with Gasteiger partial charge >= 0.3 is 143 Å². The lowest BCUT2D eigenvalue weighted by Gasteiger charge is -2.46. The van der Waals surface area contributed by atoms with E-state index in [0.29, 0.717) is 12.1 Å². The van der Waals surface area contributed by atoms with Crippen LogP contribution in [-0.4, -0.2) is 131 Å². The Morgan fingerprint density at radius 3 is 0.511 bits per heavy atom. The number of hydrogen-bond donors (Lipinski definition) is 0. The third-order valence-electron chi connectivity index (χ3n) is 12.2. The molecular formula is C38H6BrF50I. The van der Waals surface area contributed by atoms with Crippen molar-refractivity contribution in [3.05, 3.63) is 55.6 Å². The standard InChI is InChI=1S/C38H6BrF50I/c39-13-5-9-1-7-3-11(15(40,41)17(44,45)19(48,49)21(52,53)23(56,57)25(60,61)27(64,65)29(68,69)31(72,73)33(76,77)35(80,81)37(84,85)86)12(4-8(7)2-10(9)6-14(13)90)16(42,43)18(46,47)20(50,51)22(54,55)24(58,59)26(62,63)28(66,67)30(70,71)32(74,75)34(78,79)36(82,83)38(87,88)89/h1-6H. The van der Waals surface area contributed by atoms with Crippen molar-refractivity contribution >= 4 is 60.1 Å². The van der Waals surface area contributed by atoms with Gasteiger partial charge in [-0.25, -0.2) is 0 Å². The van der Waals surface area contributed by atoms with Gasteiger partial charge in [-0.2, -0.15) is 220 Å². The lowest BCUT2D eigenvalue weighted by Crippen LogP contribution is -2.78. The molecule has 0 aromatic heterocycles. The number of fused-ring (bicyclic) bond motifs is 2. The molecule has 0 amide bonds. The summed E-state index contributed by atoms with van der Waals surface area (Å²) >= 11 is 3.76. The Balaban J connectivity index is 2.55. The van der Waals surface area contributed by atoms with Gasteiger partial charge in [-0.3, -0.25) is 0 Å². The minimum atomic E-state index is -10.4. The maximum atomic E-state index is 16.0. The van der Waals surface area contributed by atoms with Gasteiger partial charge < -0.3 is 0 Å². The van der Waals surface area contributed by atoms with Crippen molar-refractivity contribution in [2.75, 3.05) is 0 Å². The summed E-state index contributed by atoms with van der Waals surface area (Å²) in [6, 6.07) is -3.29. The second-order valence-electron chi connectivity index (χ2n) is 17.8. The third kappa shape index (κ3) is 9.53. The lowest BCUT2D eigenvalue weighted by atomic mass is 9.80. The molecule has 0 bridgehead atoms. The zero-order valence-electron chi connectivity index (χ0n) is 39.1. The maximum Gasteiger partial charge on any atom is 0.460 e. The van der Waals surface area contributed by atoms with E-state index in [4.69, 9.17) is 0 Å². The molecular weight excluding hydrogens is 1610 g/mol. The molecule has 0 saturated carbocycles. The molecule has 0 nitrogen and oxygen atoms in total. The SMILES string of the molecule is FC(F)(F)C(F)(F)C(F)(F)C(F)(F)C(F)(F)C(F)(F)C(F)(F)C(F)(F)C(F)(F)C(F)(F)C(F)(F)C(F)(F)c1cc2cc3cc(Br)c(I)cc3cc2cc1C(F)(F)C(F)(F)C(F)(F)C(F)(F)C(F)(F)C(F)(F)C(F)(F)C(F)(F)C(F)(F)C(F)(F)C(F)(F)C(F)(F)F. The smallest absolute Gasteiger partial charge is 0.194 e. The highest BCUT2D eigenvalue weighted by atomic mass is 127.